The van der Waals surface area contributed by atoms with Crippen molar-refractivity contribution in [3.8, 4) is 0 Å². The monoisotopic (exact) mass is 442 g/mol. The molecule has 158 valence electrons. The summed E-state index contributed by atoms with van der Waals surface area (Å²) in [6, 6.07) is 6.30. The molecular weight excluding hydrogens is 428 g/mol. The Balaban J connectivity index is 0.000000535. The summed E-state index contributed by atoms with van der Waals surface area (Å²) in [6.07, 6.45) is 0.852. The minimum atomic E-state index is -3.63. The molecule has 0 atom stereocenters. The Bertz CT molecular complexity index is 993. The molecule has 2 rings (SSSR count). The van der Waals surface area contributed by atoms with E-state index >= 15 is 0 Å². The van der Waals surface area contributed by atoms with Gasteiger partial charge in [-0.25, -0.2) is 0 Å². The number of rotatable bonds is 6. The maximum absolute atomic E-state index is 12.9. The van der Waals surface area contributed by atoms with Gasteiger partial charge in [-0.05, 0) is 23.3 Å². The minimum absolute atomic E-state index is 0.207. The third-order valence-corrected chi connectivity index (χ3v) is 3.58. The molecule has 0 spiro atoms. The predicted molar refractivity (Wildman–Crippen MR) is 103 cm³/mol. The van der Waals surface area contributed by atoms with Crippen molar-refractivity contribution in [3.63, 3.8) is 0 Å². The molecule has 2 aromatic carbocycles. The van der Waals surface area contributed by atoms with E-state index in [1.165, 1.54) is 12.1 Å². The molecule has 0 saturated heterocycles. The number of hydrogen-bond donors (Lipinski definition) is 1. The van der Waals surface area contributed by atoms with Crippen LogP contribution in [0.1, 0.15) is 11.1 Å². The van der Waals surface area contributed by atoms with Crippen molar-refractivity contribution >= 4 is 37.0 Å². The van der Waals surface area contributed by atoms with E-state index in [1.807, 2.05) is 0 Å². The van der Waals surface area contributed by atoms with Crippen LogP contribution in [0.5, 0.6) is 0 Å². The Labute approximate surface area is 172 Å². The van der Waals surface area contributed by atoms with Crippen molar-refractivity contribution in [2.45, 2.75) is 13.2 Å². The van der Waals surface area contributed by atoms with Crippen LogP contribution >= 0.6 is 0 Å². The SMILES string of the molecule is CS(=O)(=O)OCc1ccc(F)c([N+](=O)[O-])c1.O=[N+]([O-])c1cc(CO)ccc1F.[B][B]. The zero-order valence-electron chi connectivity index (χ0n) is 15.4. The average Bonchev–Trinajstić information content (AvgIpc) is 2.68. The molecule has 0 saturated carbocycles. The van der Waals surface area contributed by atoms with Gasteiger partial charge in [-0.2, -0.15) is 17.2 Å². The number of nitrogens with zero attached hydrogens (tertiary/aromatic N) is 2. The summed E-state index contributed by atoms with van der Waals surface area (Å²) in [7, 11) is 4.37. The van der Waals surface area contributed by atoms with E-state index in [1.54, 1.807) is 0 Å². The lowest BCUT2D eigenvalue weighted by Gasteiger charge is -2.01. The topological polar surface area (TPSA) is 150 Å². The first-order valence-electron chi connectivity index (χ1n) is 7.59. The standard InChI is InChI=1S/C8H8FNO5S.C7H6FNO3.B2/c1-16(13,14)15-5-6-2-3-7(9)8(4-6)10(11)12;8-6-2-1-5(4-10)3-7(6)9(11)12;1-2/h2-4H,5H2,1H3;1-3,10H,4H2;. The van der Waals surface area contributed by atoms with E-state index < -0.39 is 43.0 Å². The van der Waals surface area contributed by atoms with Gasteiger partial charge in [-0.1, -0.05) is 12.1 Å². The zero-order chi connectivity index (χ0) is 23.5. The van der Waals surface area contributed by atoms with E-state index in [-0.39, 0.29) is 18.8 Å². The molecule has 0 aliphatic heterocycles. The highest BCUT2D eigenvalue weighted by molar-refractivity contribution is 7.85. The Morgan fingerprint density at radius 3 is 1.73 bits per heavy atom. The summed E-state index contributed by atoms with van der Waals surface area (Å²) < 4.78 is 51.3. The largest absolute Gasteiger partial charge is 0.392 e. The number of aliphatic hydroxyl groups excluding tert-OH is 1. The van der Waals surface area contributed by atoms with Gasteiger partial charge >= 0.3 is 11.4 Å². The fourth-order valence-corrected chi connectivity index (χ4v) is 2.11. The van der Waals surface area contributed by atoms with Gasteiger partial charge in [0.15, 0.2) is 0 Å². The molecule has 10 nitrogen and oxygen atoms in total. The van der Waals surface area contributed by atoms with Gasteiger partial charge in [0.05, 0.1) is 29.3 Å². The third kappa shape index (κ3) is 9.54. The summed E-state index contributed by atoms with van der Waals surface area (Å²) in [5.41, 5.74) is -0.794. The van der Waals surface area contributed by atoms with Gasteiger partial charge in [-0.3, -0.25) is 24.4 Å². The molecule has 30 heavy (non-hydrogen) atoms. The first kappa shape index (κ1) is 27.1. The summed E-state index contributed by atoms with van der Waals surface area (Å²) in [4.78, 5) is 18.8. The number of benzene rings is 2. The van der Waals surface area contributed by atoms with Crippen LogP contribution in [-0.2, 0) is 27.5 Å². The Hall–Kier alpha value is -2.90. The van der Waals surface area contributed by atoms with Crippen LogP contribution in [0.4, 0.5) is 20.2 Å². The molecule has 0 aliphatic rings. The molecule has 1 N–H and O–H groups in total. The normalized spacial score (nSPS) is 10.1. The minimum Gasteiger partial charge on any atom is -0.392 e. The van der Waals surface area contributed by atoms with Crippen LogP contribution in [0.25, 0.3) is 0 Å². The lowest BCUT2D eigenvalue weighted by Crippen LogP contribution is -2.03. The van der Waals surface area contributed by atoms with Crippen LogP contribution in [0.15, 0.2) is 36.4 Å². The van der Waals surface area contributed by atoms with E-state index in [2.05, 4.69) is 19.7 Å². The summed E-state index contributed by atoms with van der Waals surface area (Å²) in [5.74, 6) is -1.87. The summed E-state index contributed by atoms with van der Waals surface area (Å²) in [5, 5.41) is 29.1. The number of halogens is 2. The van der Waals surface area contributed by atoms with E-state index in [4.69, 9.17) is 5.11 Å². The highest BCUT2D eigenvalue weighted by atomic mass is 32.2. The molecule has 0 fully saturated rings. The number of nitro benzene ring substituents is 2. The lowest BCUT2D eigenvalue weighted by atomic mass is 9.81. The molecule has 0 unspecified atom stereocenters. The second-order valence-corrected chi connectivity index (χ2v) is 6.85. The average molecular weight is 442 g/mol. The maximum atomic E-state index is 12.9. The van der Waals surface area contributed by atoms with Gasteiger partial charge in [0, 0.05) is 27.6 Å². The second-order valence-electron chi connectivity index (χ2n) is 5.21. The molecule has 0 aromatic heterocycles. The fraction of sp³-hybridized carbons (Fsp3) is 0.200. The predicted octanol–water partition coefficient (Wildman–Crippen LogP) is 1.67. The van der Waals surface area contributed by atoms with Crippen molar-refractivity contribution < 1.29 is 36.3 Å². The summed E-state index contributed by atoms with van der Waals surface area (Å²) in [6.45, 7) is -0.693. The van der Waals surface area contributed by atoms with Crippen molar-refractivity contribution in [3.05, 3.63) is 79.4 Å². The van der Waals surface area contributed by atoms with Crippen LogP contribution in [0.2, 0.25) is 0 Å². The number of aliphatic hydroxyl groups is 1. The van der Waals surface area contributed by atoms with Gasteiger partial charge in [0.2, 0.25) is 11.6 Å². The van der Waals surface area contributed by atoms with Gasteiger partial charge in [0.25, 0.3) is 10.1 Å². The van der Waals surface area contributed by atoms with Crippen LogP contribution in [0, 0.1) is 31.9 Å². The molecule has 4 radical (unpaired) electrons. The smallest absolute Gasteiger partial charge is 0.305 e. The first-order valence-corrected chi connectivity index (χ1v) is 9.40. The van der Waals surface area contributed by atoms with Gasteiger partial charge < -0.3 is 5.11 Å². The number of nitro groups is 2. The van der Waals surface area contributed by atoms with Gasteiger partial charge in [0.1, 0.15) is 0 Å². The van der Waals surface area contributed by atoms with Crippen LogP contribution < -0.4 is 0 Å². The van der Waals surface area contributed by atoms with Gasteiger partial charge in [-0.15, -0.1) is 0 Å². The van der Waals surface area contributed by atoms with Crippen LogP contribution in [-0.4, -0.2) is 45.1 Å². The molecule has 0 heterocycles. The summed E-state index contributed by atoms with van der Waals surface area (Å²) >= 11 is 0. The number of hydrogen-bond acceptors (Lipinski definition) is 8. The van der Waals surface area contributed by atoms with Crippen molar-refractivity contribution in [2.24, 2.45) is 0 Å². The second kappa shape index (κ2) is 12.6. The van der Waals surface area contributed by atoms with E-state index in [0.29, 0.717) is 5.56 Å². The Morgan fingerprint density at radius 2 is 1.37 bits per heavy atom. The van der Waals surface area contributed by atoms with Crippen molar-refractivity contribution in [1.29, 1.82) is 0 Å². The Morgan fingerprint density at radius 1 is 0.967 bits per heavy atom. The van der Waals surface area contributed by atoms with Crippen molar-refractivity contribution in [1.82, 2.24) is 0 Å². The zero-order valence-corrected chi connectivity index (χ0v) is 16.2. The lowest BCUT2D eigenvalue weighted by molar-refractivity contribution is -0.387. The molecule has 0 bridgehead atoms. The first-order chi connectivity index (χ1) is 13.9. The van der Waals surface area contributed by atoms with E-state index in [0.717, 1.165) is 30.5 Å². The van der Waals surface area contributed by atoms with Crippen LogP contribution in [0.3, 0.4) is 0 Å². The third-order valence-electron chi connectivity index (χ3n) is 3.04. The quantitative estimate of drug-likeness (QED) is 0.307. The molecule has 2 aromatic rings. The van der Waals surface area contributed by atoms with Crippen molar-refractivity contribution in [2.75, 3.05) is 6.26 Å². The maximum Gasteiger partial charge on any atom is 0.305 e. The highest BCUT2D eigenvalue weighted by Gasteiger charge is 2.15. The molecule has 0 amide bonds. The fourth-order valence-electron chi connectivity index (χ4n) is 1.76. The van der Waals surface area contributed by atoms with E-state index in [9.17, 15) is 37.4 Å². The highest BCUT2D eigenvalue weighted by Crippen LogP contribution is 2.19. The molecule has 0 aliphatic carbocycles. The molecule has 15 heteroatoms. The molecular formula is C15H14B2F2N2O8S. The Kier molecular flexibility index (Phi) is 11.4.